The molecule has 26 heavy (non-hydrogen) atoms. The van der Waals surface area contributed by atoms with Gasteiger partial charge < -0.3 is 11.1 Å². The van der Waals surface area contributed by atoms with Crippen LogP contribution in [0.15, 0.2) is 89.9 Å². The van der Waals surface area contributed by atoms with Crippen LogP contribution >= 0.6 is 23.8 Å². The molecule has 0 unspecified atom stereocenters. The molecule has 0 fully saturated rings. The average Bonchev–Trinajstić information content (AvgIpc) is 2.71. The lowest BCUT2D eigenvalue weighted by atomic mass is 10.1. The first-order valence-electron chi connectivity index (χ1n) is 7.96. The van der Waals surface area contributed by atoms with E-state index in [0.717, 1.165) is 16.8 Å². The quantitative estimate of drug-likeness (QED) is 0.280. The number of anilines is 1. The molecule has 132 valence electrons. The fraction of sp³-hybridized carbons (Fsp3) is 0.0476. The van der Waals surface area contributed by atoms with Gasteiger partial charge >= 0.3 is 0 Å². The van der Waals surface area contributed by atoms with Gasteiger partial charge in [-0.05, 0) is 35.5 Å². The molecule has 0 atom stereocenters. The van der Waals surface area contributed by atoms with Crippen LogP contribution in [0.4, 0.5) is 5.69 Å². The minimum Gasteiger partial charge on any atom is -0.374 e. The van der Waals surface area contributed by atoms with E-state index in [4.69, 9.17) is 18.0 Å². The van der Waals surface area contributed by atoms with Gasteiger partial charge in [-0.15, -0.1) is 11.6 Å². The molecule has 3 aromatic carbocycles. The van der Waals surface area contributed by atoms with Crippen LogP contribution in [0.3, 0.4) is 0 Å². The molecule has 0 amide bonds. The number of nitrogens with one attached hydrogen (secondary N) is 1. The number of benzene rings is 3. The Labute approximate surface area is 164 Å². The number of halogens is 1. The Bertz CT molecular complexity index is 847. The van der Waals surface area contributed by atoms with Crippen molar-refractivity contribution in [3.8, 4) is 11.1 Å². The number of hydrogen-bond donors (Lipinski definition) is 2. The van der Waals surface area contributed by atoms with Gasteiger partial charge in [0.25, 0.3) is 0 Å². The lowest BCUT2D eigenvalue weighted by Gasteiger charge is -2.11. The molecular formula is C21H20ClN3S. The second kappa shape index (κ2) is 10.3. The number of alkyl halides is 1. The van der Waals surface area contributed by atoms with Crippen LogP contribution in [0.2, 0.25) is 0 Å². The topological polar surface area (TPSA) is 50.4 Å². The molecule has 0 aromatic heterocycles. The Morgan fingerprint density at radius 1 is 0.808 bits per heavy atom. The van der Waals surface area contributed by atoms with Crippen molar-refractivity contribution >= 4 is 40.5 Å². The zero-order chi connectivity index (χ0) is 18.8. The van der Waals surface area contributed by atoms with Crippen molar-refractivity contribution in [3.63, 3.8) is 0 Å². The van der Waals surface area contributed by atoms with Crippen molar-refractivity contribution in [2.24, 2.45) is 10.7 Å². The van der Waals surface area contributed by atoms with E-state index in [1.165, 1.54) is 11.9 Å². The smallest absolute Gasteiger partial charge is 0.192 e. The van der Waals surface area contributed by atoms with Crippen LogP contribution in [-0.2, 0) is 0 Å². The second-order valence-electron chi connectivity index (χ2n) is 5.23. The van der Waals surface area contributed by atoms with Crippen LogP contribution in [0.25, 0.3) is 11.1 Å². The maximum Gasteiger partial charge on any atom is 0.192 e. The van der Waals surface area contributed by atoms with E-state index in [2.05, 4.69) is 46.2 Å². The van der Waals surface area contributed by atoms with Crippen LogP contribution in [0.5, 0.6) is 0 Å². The predicted molar refractivity (Wildman–Crippen MR) is 117 cm³/mol. The Morgan fingerprint density at radius 2 is 1.31 bits per heavy atom. The highest BCUT2D eigenvalue weighted by Gasteiger charge is 2.05. The Hall–Kier alpha value is -2.69. The molecule has 3 nitrogen and oxygen atoms in total. The third-order valence-corrected chi connectivity index (χ3v) is 3.62. The molecule has 0 bridgehead atoms. The van der Waals surface area contributed by atoms with Gasteiger partial charge in [-0.2, -0.15) is 0 Å². The van der Waals surface area contributed by atoms with Gasteiger partial charge in [-0.25, -0.2) is 4.99 Å². The number of amidine groups is 1. The van der Waals surface area contributed by atoms with Crippen molar-refractivity contribution in [3.05, 3.63) is 90.5 Å². The number of rotatable bonds is 3. The van der Waals surface area contributed by atoms with E-state index in [9.17, 15) is 0 Å². The minimum absolute atomic E-state index is 0.0993. The largest absolute Gasteiger partial charge is 0.374 e. The van der Waals surface area contributed by atoms with Gasteiger partial charge in [0.2, 0.25) is 0 Å². The van der Waals surface area contributed by atoms with E-state index in [1.807, 2.05) is 60.7 Å². The highest BCUT2D eigenvalue weighted by Crippen LogP contribution is 2.21. The summed E-state index contributed by atoms with van der Waals surface area (Å²) in [6, 6.07) is 28.2. The Balaban J connectivity index is 0.00000117. The molecular weight excluding hydrogens is 362 g/mol. The highest BCUT2D eigenvalue weighted by molar-refractivity contribution is 7.80. The number of nitrogens with two attached hydrogens (primary N) is 1. The van der Waals surface area contributed by atoms with Crippen molar-refractivity contribution < 1.29 is 0 Å². The number of thiocarbonyl (C=S) groups is 1. The number of nitrogens with zero attached hydrogens (tertiary/aromatic N) is 1. The summed E-state index contributed by atoms with van der Waals surface area (Å²) >= 11 is 9.56. The molecule has 0 radical (unpaired) electrons. The summed E-state index contributed by atoms with van der Waals surface area (Å²) in [5.74, 6) is 0.635. The van der Waals surface area contributed by atoms with Gasteiger partial charge in [0, 0.05) is 17.6 Å². The zero-order valence-corrected chi connectivity index (χ0v) is 16.0. The molecule has 0 aliphatic heterocycles. The van der Waals surface area contributed by atoms with Gasteiger partial charge in [0.1, 0.15) is 5.84 Å². The molecule has 3 aromatic rings. The lowest BCUT2D eigenvalue weighted by Crippen LogP contribution is -2.18. The molecule has 0 aliphatic carbocycles. The molecule has 5 heteroatoms. The maximum absolute atomic E-state index is 5.59. The Kier molecular flexibility index (Phi) is 7.80. The Morgan fingerprint density at radius 3 is 1.85 bits per heavy atom. The van der Waals surface area contributed by atoms with E-state index >= 15 is 0 Å². The molecule has 3 rings (SSSR count). The first-order chi connectivity index (χ1) is 12.7. The van der Waals surface area contributed by atoms with Gasteiger partial charge in [-0.3, -0.25) is 0 Å². The van der Waals surface area contributed by atoms with Crippen LogP contribution < -0.4 is 11.1 Å². The summed E-state index contributed by atoms with van der Waals surface area (Å²) in [4.78, 5) is 4.24. The third-order valence-electron chi connectivity index (χ3n) is 3.52. The summed E-state index contributed by atoms with van der Waals surface area (Å²) in [6.45, 7) is 0. The standard InChI is InChI=1S/C20H17N3S.CH3Cl/c21-20(24)23-19(17-9-5-2-6-10-17)22-18-13-11-16(12-14-18)15-7-3-1-4-8-15;1-2/h1-14H,(H3,21,22,23,24);1H3. The summed E-state index contributed by atoms with van der Waals surface area (Å²) in [6.07, 6.45) is 1.47. The molecule has 0 spiro atoms. The van der Waals surface area contributed by atoms with Gasteiger partial charge in [-0.1, -0.05) is 72.8 Å². The van der Waals surface area contributed by atoms with E-state index in [1.54, 1.807) is 0 Å². The number of hydrogen-bond acceptors (Lipinski definition) is 1. The van der Waals surface area contributed by atoms with Crippen LogP contribution in [0.1, 0.15) is 5.56 Å². The zero-order valence-electron chi connectivity index (χ0n) is 14.4. The first kappa shape index (κ1) is 19.6. The molecule has 3 N–H and O–H groups in total. The fourth-order valence-electron chi connectivity index (χ4n) is 2.38. The van der Waals surface area contributed by atoms with E-state index < -0.39 is 0 Å². The molecule has 0 heterocycles. The summed E-state index contributed by atoms with van der Waals surface area (Å²) in [7, 11) is 0. The highest BCUT2D eigenvalue weighted by atomic mass is 35.5. The monoisotopic (exact) mass is 381 g/mol. The first-order valence-corrected chi connectivity index (χ1v) is 9.12. The van der Waals surface area contributed by atoms with E-state index in [0.29, 0.717) is 5.84 Å². The summed E-state index contributed by atoms with van der Waals surface area (Å²) in [5.41, 5.74) is 9.79. The minimum atomic E-state index is 0.0993. The molecule has 0 saturated carbocycles. The third kappa shape index (κ3) is 5.69. The maximum atomic E-state index is 5.59. The molecule has 0 saturated heterocycles. The average molecular weight is 382 g/mol. The van der Waals surface area contributed by atoms with Crippen molar-refractivity contribution in [1.29, 1.82) is 0 Å². The normalized spacial score (nSPS) is 10.5. The SMILES string of the molecule is CCl.NC(=S)/N=C(\Nc1ccc(-c2ccccc2)cc1)c1ccccc1. The van der Waals surface area contributed by atoms with Crippen molar-refractivity contribution in [2.75, 3.05) is 11.7 Å². The van der Waals surface area contributed by atoms with Gasteiger partial charge in [0.05, 0.1) is 0 Å². The summed E-state index contributed by atoms with van der Waals surface area (Å²) in [5, 5.41) is 3.39. The van der Waals surface area contributed by atoms with Crippen LogP contribution in [-0.4, -0.2) is 17.3 Å². The predicted octanol–water partition coefficient (Wildman–Crippen LogP) is 5.31. The van der Waals surface area contributed by atoms with E-state index in [-0.39, 0.29) is 5.11 Å². The lowest BCUT2D eigenvalue weighted by molar-refractivity contribution is 1.51. The molecule has 0 aliphatic rings. The van der Waals surface area contributed by atoms with Crippen molar-refractivity contribution in [1.82, 2.24) is 0 Å². The summed E-state index contributed by atoms with van der Waals surface area (Å²) < 4.78 is 0. The van der Waals surface area contributed by atoms with Crippen LogP contribution in [0, 0.1) is 0 Å². The second-order valence-corrected chi connectivity index (χ2v) is 5.65. The van der Waals surface area contributed by atoms with Gasteiger partial charge in [0.15, 0.2) is 5.11 Å². The van der Waals surface area contributed by atoms with Crippen molar-refractivity contribution in [2.45, 2.75) is 0 Å². The number of aliphatic imine (C=N–C) groups is 1. The fourth-order valence-corrected chi connectivity index (χ4v) is 2.48.